The number of thiol groups is 1. The number of esters is 2. The van der Waals surface area contributed by atoms with E-state index in [4.69, 9.17) is 9.47 Å². The Morgan fingerprint density at radius 1 is 1.25 bits per heavy atom. The van der Waals surface area contributed by atoms with Gasteiger partial charge in [-0.1, -0.05) is 0 Å². The first kappa shape index (κ1) is 12.6. The molecule has 0 spiro atoms. The molecule has 86 valence electrons. The largest absolute Gasteiger partial charge is 0.461 e. The Morgan fingerprint density at radius 3 is 2.38 bits per heavy atom. The second-order valence-electron chi connectivity index (χ2n) is 2.98. The van der Waals surface area contributed by atoms with Gasteiger partial charge in [0.05, 0.1) is 5.56 Å². The fourth-order valence-corrected chi connectivity index (χ4v) is 1.14. The summed E-state index contributed by atoms with van der Waals surface area (Å²) in [6.45, 7) is 1.59. The Balaban J connectivity index is 2.63. The molecule has 0 aromatic heterocycles. The Morgan fingerprint density at radius 2 is 1.88 bits per heavy atom. The average molecular weight is 240 g/mol. The molecule has 1 aromatic rings. The molecule has 0 saturated carbocycles. The van der Waals surface area contributed by atoms with Gasteiger partial charge in [0, 0.05) is 12.7 Å². The Bertz CT molecular complexity index is 372. The molecule has 0 amide bonds. The molecule has 0 heterocycles. The van der Waals surface area contributed by atoms with Crippen molar-refractivity contribution in [2.75, 3.05) is 12.4 Å². The zero-order valence-corrected chi connectivity index (χ0v) is 9.70. The standard InChI is InChI=1S/C11H12O4S/c1-8(12)15-10-4-2-9(3-5-10)11(13)14-6-7-16/h2-5,16H,6-7H2,1H3. The molecule has 0 unspecified atom stereocenters. The van der Waals surface area contributed by atoms with Crippen molar-refractivity contribution in [1.29, 1.82) is 0 Å². The molecule has 1 aromatic carbocycles. The summed E-state index contributed by atoms with van der Waals surface area (Å²) in [6.07, 6.45) is 0. The SMILES string of the molecule is CC(=O)Oc1ccc(C(=O)OCCS)cc1. The van der Waals surface area contributed by atoms with Gasteiger partial charge in [-0.05, 0) is 24.3 Å². The maximum atomic E-state index is 11.4. The Hall–Kier alpha value is -1.49. The molecular formula is C11H12O4S. The van der Waals surface area contributed by atoms with Crippen molar-refractivity contribution in [2.24, 2.45) is 0 Å². The van der Waals surface area contributed by atoms with Gasteiger partial charge in [-0.25, -0.2) is 4.79 Å². The van der Waals surface area contributed by atoms with Crippen molar-refractivity contribution < 1.29 is 19.1 Å². The van der Waals surface area contributed by atoms with Crippen LogP contribution in [0, 0.1) is 0 Å². The summed E-state index contributed by atoms with van der Waals surface area (Å²) in [5, 5.41) is 0. The number of carbonyl (C=O) groups is 2. The Kier molecular flexibility index (Phi) is 4.85. The summed E-state index contributed by atoms with van der Waals surface area (Å²) < 4.78 is 9.70. The minimum Gasteiger partial charge on any atom is -0.461 e. The van der Waals surface area contributed by atoms with E-state index in [0.717, 1.165) is 0 Å². The molecule has 0 N–H and O–H groups in total. The molecule has 0 saturated heterocycles. The fraction of sp³-hybridized carbons (Fsp3) is 0.273. The average Bonchev–Trinajstić information content (AvgIpc) is 2.26. The first-order chi connectivity index (χ1) is 7.63. The van der Waals surface area contributed by atoms with Crippen LogP contribution in [0.1, 0.15) is 17.3 Å². The van der Waals surface area contributed by atoms with E-state index in [2.05, 4.69) is 12.6 Å². The molecule has 0 fully saturated rings. The lowest BCUT2D eigenvalue weighted by Gasteiger charge is -2.04. The number of rotatable bonds is 4. The van der Waals surface area contributed by atoms with Crippen LogP contribution in [0.2, 0.25) is 0 Å². The second-order valence-corrected chi connectivity index (χ2v) is 3.42. The molecule has 4 nitrogen and oxygen atoms in total. The van der Waals surface area contributed by atoms with Crippen molar-refractivity contribution in [2.45, 2.75) is 6.92 Å². The van der Waals surface area contributed by atoms with Gasteiger partial charge in [0.1, 0.15) is 12.4 Å². The Labute approximate surface area is 99.0 Å². The molecular weight excluding hydrogens is 228 g/mol. The van der Waals surface area contributed by atoms with Crippen molar-refractivity contribution in [3.05, 3.63) is 29.8 Å². The van der Waals surface area contributed by atoms with E-state index in [1.165, 1.54) is 6.92 Å². The smallest absolute Gasteiger partial charge is 0.338 e. The minimum absolute atomic E-state index is 0.271. The van der Waals surface area contributed by atoms with E-state index >= 15 is 0 Å². The monoisotopic (exact) mass is 240 g/mol. The molecule has 0 aliphatic heterocycles. The summed E-state index contributed by atoms with van der Waals surface area (Å²) in [5.41, 5.74) is 0.415. The highest BCUT2D eigenvalue weighted by atomic mass is 32.1. The minimum atomic E-state index is -0.413. The van der Waals surface area contributed by atoms with Gasteiger partial charge in [0.25, 0.3) is 0 Å². The number of hydrogen-bond donors (Lipinski definition) is 1. The third-order valence-corrected chi connectivity index (χ3v) is 1.86. The quantitative estimate of drug-likeness (QED) is 0.494. The van der Waals surface area contributed by atoms with Crippen LogP contribution in [-0.2, 0) is 9.53 Å². The molecule has 0 bridgehead atoms. The first-order valence-electron chi connectivity index (χ1n) is 4.70. The van der Waals surface area contributed by atoms with E-state index in [0.29, 0.717) is 17.1 Å². The van der Waals surface area contributed by atoms with E-state index < -0.39 is 11.9 Å². The zero-order chi connectivity index (χ0) is 12.0. The van der Waals surface area contributed by atoms with Gasteiger partial charge >= 0.3 is 11.9 Å². The van der Waals surface area contributed by atoms with Gasteiger partial charge in [-0.15, -0.1) is 0 Å². The summed E-state index contributed by atoms with van der Waals surface area (Å²) >= 11 is 3.93. The van der Waals surface area contributed by atoms with Gasteiger partial charge in [0.15, 0.2) is 0 Å². The fourth-order valence-electron chi connectivity index (χ4n) is 1.05. The topological polar surface area (TPSA) is 52.6 Å². The van der Waals surface area contributed by atoms with Crippen molar-refractivity contribution in [1.82, 2.24) is 0 Å². The molecule has 0 aliphatic rings. The number of carbonyl (C=O) groups excluding carboxylic acids is 2. The van der Waals surface area contributed by atoms with Gasteiger partial charge < -0.3 is 9.47 Å². The predicted octanol–water partition coefficient (Wildman–Crippen LogP) is 1.70. The lowest BCUT2D eigenvalue weighted by Crippen LogP contribution is -2.07. The van der Waals surface area contributed by atoms with E-state index in [-0.39, 0.29) is 6.61 Å². The lowest BCUT2D eigenvalue weighted by molar-refractivity contribution is -0.131. The van der Waals surface area contributed by atoms with Crippen LogP contribution in [0.5, 0.6) is 5.75 Å². The van der Waals surface area contributed by atoms with Gasteiger partial charge in [-0.3, -0.25) is 4.79 Å². The summed E-state index contributed by atoms with van der Waals surface area (Å²) in [4.78, 5) is 22.0. The number of hydrogen-bond acceptors (Lipinski definition) is 5. The van der Waals surface area contributed by atoms with Crippen LogP contribution in [0.3, 0.4) is 0 Å². The molecule has 5 heteroatoms. The highest BCUT2D eigenvalue weighted by molar-refractivity contribution is 7.80. The number of ether oxygens (including phenoxy) is 2. The van der Waals surface area contributed by atoms with Gasteiger partial charge in [0.2, 0.25) is 0 Å². The molecule has 1 rings (SSSR count). The highest BCUT2D eigenvalue weighted by Gasteiger charge is 2.06. The summed E-state index contributed by atoms with van der Waals surface area (Å²) in [5.74, 6) is 0.0733. The molecule has 16 heavy (non-hydrogen) atoms. The molecule has 0 aliphatic carbocycles. The molecule has 0 radical (unpaired) electrons. The van der Waals surface area contributed by atoms with E-state index in [9.17, 15) is 9.59 Å². The number of benzene rings is 1. The van der Waals surface area contributed by atoms with Crippen molar-refractivity contribution >= 4 is 24.6 Å². The third-order valence-electron chi connectivity index (χ3n) is 1.68. The predicted molar refractivity (Wildman–Crippen MR) is 61.9 cm³/mol. The van der Waals surface area contributed by atoms with Crippen LogP contribution in [0.4, 0.5) is 0 Å². The highest BCUT2D eigenvalue weighted by Crippen LogP contribution is 2.13. The first-order valence-corrected chi connectivity index (χ1v) is 5.33. The van der Waals surface area contributed by atoms with E-state index in [1.807, 2.05) is 0 Å². The maximum Gasteiger partial charge on any atom is 0.338 e. The summed E-state index contributed by atoms with van der Waals surface area (Å²) in [7, 11) is 0. The van der Waals surface area contributed by atoms with Crippen LogP contribution in [-0.4, -0.2) is 24.3 Å². The van der Waals surface area contributed by atoms with Crippen LogP contribution in [0.25, 0.3) is 0 Å². The lowest BCUT2D eigenvalue weighted by atomic mass is 10.2. The summed E-state index contributed by atoms with van der Waals surface area (Å²) in [6, 6.07) is 6.16. The van der Waals surface area contributed by atoms with Crippen LogP contribution >= 0.6 is 12.6 Å². The zero-order valence-electron chi connectivity index (χ0n) is 8.80. The van der Waals surface area contributed by atoms with Crippen molar-refractivity contribution in [3.63, 3.8) is 0 Å². The van der Waals surface area contributed by atoms with Crippen LogP contribution < -0.4 is 4.74 Å². The van der Waals surface area contributed by atoms with E-state index in [1.54, 1.807) is 24.3 Å². The van der Waals surface area contributed by atoms with Crippen molar-refractivity contribution in [3.8, 4) is 5.75 Å². The van der Waals surface area contributed by atoms with Gasteiger partial charge in [-0.2, -0.15) is 12.6 Å². The second kappa shape index (κ2) is 6.17. The van der Waals surface area contributed by atoms with Crippen LogP contribution in [0.15, 0.2) is 24.3 Å². The third kappa shape index (κ3) is 3.94. The maximum absolute atomic E-state index is 11.4. The molecule has 0 atom stereocenters. The normalized spacial score (nSPS) is 9.62.